The maximum Gasteiger partial charge on any atom is 0.119 e. The van der Waals surface area contributed by atoms with Crippen LogP contribution in [0.1, 0.15) is 20.3 Å². The highest BCUT2D eigenvalue weighted by atomic mass is 16.5. The second-order valence-corrected chi connectivity index (χ2v) is 5.46. The molecule has 2 rings (SSSR count). The van der Waals surface area contributed by atoms with E-state index in [1.54, 1.807) is 0 Å². The number of hydrogen-bond acceptors (Lipinski definition) is 4. The van der Waals surface area contributed by atoms with Gasteiger partial charge in [0.15, 0.2) is 0 Å². The molecular formula is C17H29N3O. The Hall–Kier alpha value is -1.26. The molecule has 0 spiro atoms. The lowest BCUT2D eigenvalue weighted by Crippen LogP contribution is -2.28. The number of nitrogens with zero attached hydrogens (tertiary/aromatic N) is 2. The van der Waals surface area contributed by atoms with Crippen molar-refractivity contribution >= 4 is 5.69 Å². The van der Waals surface area contributed by atoms with Crippen molar-refractivity contribution in [3.05, 3.63) is 24.3 Å². The maximum absolute atomic E-state index is 5.83. The van der Waals surface area contributed by atoms with Gasteiger partial charge in [-0.1, -0.05) is 13.8 Å². The Balaban J connectivity index is 1.81. The van der Waals surface area contributed by atoms with Crippen LogP contribution < -0.4 is 15.0 Å². The van der Waals surface area contributed by atoms with Gasteiger partial charge in [-0.05, 0) is 50.3 Å². The van der Waals surface area contributed by atoms with Crippen molar-refractivity contribution in [1.82, 2.24) is 10.2 Å². The van der Waals surface area contributed by atoms with E-state index < -0.39 is 0 Å². The number of benzene rings is 1. The Labute approximate surface area is 129 Å². The van der Waals surface area contributed by atoms with E-state index in [1.807, 2.05) is 0 Å². The molecule has 118 valence electrons. The van der Waals surface area contributed by atoms with E-state index in [-0.39, 0.29) is 0 Å². The Kier molecular flexibility index (Phi) is 6.83. The number of likely N-dealkylation sites (N-methyl/N-ethyl adjacent to an activating group) is 1. The lowest BCUT2D eigenvalue weighted by molar-refractivity contribution is 0.223. The van der Waals surface area contributed by atoms with Crippen LogP contribution in [0.3, 0.4) is 0 Å². The van der Waals surface area contributed by atoms with Crippen molar-refractivity contribution in [3.63, 3.8) is 0 Å². The van der Waals surface area contributed by atoms with Gasteiger partial charge in [-0.2, -0.15) is 0 Å². The number of nitrogens with one attached hydrogen (secondary N) is 1. The molecule has 0 saturated carbocycles. The van der Waals surface area contributed by atoms with Crippen LogP contribution in [-0.4, -0.2) is 57.3 Å². The molecule has 0 aromatic heterocycles. The van der Waals surface area contributed by atoms with Crippen LogP contribution in [0.25, 0.3) is 0 Å². The van der Waals surface area contributed by atoms with E-state index in [0.717, 1.165) is 58.2 Å². The molecule has 1 N–H and O–H groups in total. The fourth-order valence-electron chi connectivity index (χ4n) is 2.69. The quantitative estimate of drug-likeness (QED) is 0.833. The van der Waals surface area contributed by atoms with E-state index >= 15 is 0 Å². The summed E-state index contributed by atoms with van der Waals surface area (Å²) in [6.07, 6.45) is 1.21. The molecule has 0 bridgehead atoms. The van der Waals surface area contributed by atoms with Crippen LogP contribution in [0.5, 0.6) is 5.75 Å². The molecule has 1 aliphatic heterocycles. The molecule has 0 aliphatic carbocycles. The van der Waals surface area contributed by atoms with Crippen LogP contribution in [0.15, 0.2) is 24.3 Å². The van der Waals surface area contributed by atoms with Crippen molar-refractivity contribution < 1.29 is 4.74 Å². The van der Waals surface area contributed by atoms with Crippen molar-refractivity contribution in [2.45, 2.75) is 20.3 Å². The van der Waals surface area contributed by atoms with Gasteiger partial charge < -0.3 is 19.9 Å². The fourth-order valence-corrected chi connectivity index (χ4v) is 2.69. The van der Waals surface area contributed by atoms with Gasteiger partial charge in [-0.25, -0.2) is 0 Å². The molecule has 21 heavy (non-hydrogen) atoms. The summed E-state index contributed by atoms with van der Waals surface area (Å²) in [5.41, 5.74) is 1.30. The maximum atomic E-state index is 5.83. The molecule has 0 unspecified atom stereocenters. The molecule has 1 heterocycles. The largest absolute Gasteiger partial charge is 0.492 e. The third-order valence-corrected chi connectivity index (χ3v) is 4.11. The topological polar surface area (TPSA) is 27.7 Å². The van der Waals surface area contributed by atoms with Crippen LogP contribution in [-0.2, 0) is 0 Å². The Bertz CT molecular complexity index is 382. The summed E-state index contributed by atoms with van der Waals surface area (Å²) in [6, 6.07) is 8.54. The molecule has 0 radical (unpaired) electrons. The summed E-state index contributed by atoms with van der Waals surface area (Å²) < 4.78 is 5.83. The molecule has 1 saturated heterocycles. The molecule has 1 aromatic carbocycles. The van der Waals surface area contributed by atoms with Crippen LogP contribution in [0, 0.1) is 0 Å². The summed E-state index contributed by atoms with van der Waals surface area (Å²) in [4.78, 5) is 4.82. The predicted octanol–water partition coefficient (Wildman–Crippen LogP) is 2.21. The molecule has 1 aliphatic rings. The lowest BCUT2D eigenvalue weighted by Gasteiger charge is -2.22. The SMILES string of the molecule is CCN(CC)CCOc1ccc(N2CCCNCC2)cc1. The number of anilines is 1. The van der Waals surface area contributed by atoms with Crippen molar-refractivity contribution in [2.75, 3.05) is 57.3 Å². The second-order valence-electron chi connectivity index (χ2n) is 5.46. The van der Waals surface area contributed by atoms with Crippen LogP contribution in [0.4, 0.5) is 5.69 Å². The summed E-state index contributed by atoms with van der Waals surface area (Å²) in [5, 5.41) is 3.44. The standard InChI is InChI=1S/C17H29N3O/c1-3-19(4-2)14-15-21-17-8-6-16(7-9-17)20-12-5-10-18-11-13-20/h6-9,18H,3-5,10-15H2,1-2H3. The third kappa shape index (κ3) is 5.21. The van der Waals surface area contributed by atoms with Crippen molar-refractivity contribution in [1.29, 1.82) is 0 Å². The van der Waals surface area contributed by atoms with Crippen molar-refractivity contribution in [3.8, 4) is 5.75 Å². The summed E-state index contributed by atoms with van der Waals surface area (Å²) in [7, 11) is 0. The number of rotatable bonds is 7. The van der Waals surface area contributed by atoms with Gasteiger partial charge >= 0.3 is 0 Å². The van der Waals surface area contributed by atoms with E-state index in [9.17, 15) is 0 Å². The Morgan fingerprint density at radius 3 is 2.57 bits per heavy atom. The number of ether oxygens (including phenoxy) is 1. The highest BCUT2D eigenvalue weighted by molar-refractivity contribution is 5.49. The van der Waals surface area contributed by atoms with Crippen LogP contribution in [0.2, 0.25) is 0 Å². The van der Waals surface area contributed by atoms with Crippen molar-refractivity contribution in [2.24, 2.45) is 0 Å². The third-order valence-electron chi connectivity index (χ3n) is 4.11. The zero-order chi connectivity index (χ0) is 14.9. The normalized spacial score (nSPS) is 16.0. The van der Waals surface area contributed by atoms with Gasteiger partial charge in [-0.15, -0.1) is 0 Å². The molecule has 0 atom stereocenters. The van der Waals surface area contributed by atoms with Gasteiger partial charge in [0.2, 0.25) is 0 Å². The Morgan fingerprint density at radius 2 is 1.86 bits per heavy atom. The summed E-state index contributed by atoms with van der Waals surface area (Å²) >= 11 is 0. The first-order valence-electron chi connectivity index (χ1n) is 8.24. The van der Waals surface area contributed by atoms with Gasteiger partial charge in [0.1, 0.15) is 12.4 Å². The van der Waals surface area contributed by atoms with Gasteiger partial charge in [-0.3, -0.25) is 0 Å². The molecule has 1 fully saturated rings. The summed E-state index contributed by atoms with van der Waals surface area (Å²) in [5.74, 6) is 0.971. The second kappa shape index (κ2) is 8.90. The van der Waals surface area contributed by atoms with Gasteiger partial charge in [0, 0.05) is 31.9 Å². The highest BCUT2D eigenvalue weighted by Crippen LogP contribution is 2.20. The molecule has 1 aromatic rings. The average molecular weight is 291 g/mol. The number of hydrogen-bond donors (Lipinski definition) is 1. The fraction of sp³-hybridized carbons (Fsp3) is 0.647. The zero-order valence-corrected chi connectivity index (χ0v) is 13.5. The van der Waals surface area contributed by atoms with Gasteiger partial charge in [0.05, 0.1) is 0 Å². The Morgan fingerprint density at radius 1 is 1.10 bits per heavy atom. The first-order valence-corrected chi connectivity index (χ1v) is 8.24. The van der Waals surface area contributed by atoms with E-state index in [4.69, 9.17) is 4.74 Å². The predicted molar refractivity (Wildman–Crippen MR) is 89.4 cm³/mol. The minimum Gasteiger partial charge on any atom is -0.492 e. The smallest absolute Gasteiger partial charge is 0.119 e. The first-order chi connectivity index (χ1) is 10.3. The molecule has 4 nitrogen and oxygen atoms in total. The van der Waals surface area contributed by atoms with E-state index in [0.29, 0.717) is 0 Å². The zero-order valence-electron chi connectivity index (χ0n) is 13.5. The summed E-state index contributed by atoms with van der Waals surface area (Å²) in [6.45, 7) is 12.7. The highest BCUT2D eigenvalue weighted by Gasteiger charge is 2.09. The first kappa shape index (κ1) is 16.1. The minimum absolute atomic E-state index is 0.759. The lowest BCUT2D eigenvalue weighted by atomic mass is 10.2. The van der Waals surface area contributed by atoms with E-state index in [2.05, 4.69) is 53.2 Å². The molecule has 4 heteroatoms. The minimum atomic E-state index is 0.759. The van der Waals surface area contributed by atoms with Crippen LogP contribution >= 0.6 is 0 Å². The molecular weight excluding hydrogens is 262 g/mol. The molecule has 0 amide bonds. The monoisotopic (exact) mass is 291 g/mol. The van der Waals surface area contributed by atoms with Gasteiger partial charge in [0.25, 0.3) is 0 Å². The average Bonchev–Trinajstić information content (AvgIpc) is 2.81. The van der Waals surface area contributed by atoms with E-state index in [1.165, 1.54) is 12.1 Å².